The molecule has 0 radical (unpaired) electrons. The molecule has 1 aliphatic heterocycles. The van der Waals surface area contributed by atoms with Crippen LogP contribution < -0.4 is 14.2 Å². The maximum atomic E-state index is 5.52. The maximum Gasteiger partial charge on any atom is 0.231 e. The number of hydrogen-bond donors (Lipinski definition) is 0. The summed E-state index contributed by atoms with van der Waals surface area (Å²) in [4.78, 5) is 4.46. The van der Waals surface area contributed by atoms with E-state index in [0.29, 0.717) is 0 Å². The molecule has 3 aromatic rings. The minimum atomic E-state index is 0.267. The lowest BCUT2D eigenvalue weighted by Crippen LogP contribution is -1.93. The van der Waals surface area contributed by atoms with Crippen LogP contribution in [0.25, 0.3) is 22.5 Å². The summed E-state index contributed by atoms with van der Waals surface area (Å²) < 4.78 is 20.7. The first kappa shape index (κ1) is 14.0. The lowest BCUT2D eigenvalue weighted by Gasteiger charge is -2.07. The SMILES string of the molecule is COc1ccc(-c2csnc2-c2cc(C)c3c(c2)OCO3)nc1. The molecular formula is C17H14N2O3S. The monoisotopic (exact) mass is 326 g/mol. The average Bonchev–Trinajstić information content (AvgIpc) is 3.24. The molecule has 0 spiro atoms. The largest absolute Gasteiger partial charge is 0.495 e. The quantitative estimate of drug-likeness (QED) is 0.730. The zero-order valence-electron chi connectivity index (χ0n) is 12.7. The van der Waals surface area contributed by atoms with Crippen molar-refractivity contribution in [2.45, 2.75) is 6.92 Å². The standard InChI is InChI=1S/C17H14N2O3S/c1-10-5-11(6-15-17(10)22-9-21-15)16-13(8-23-19-16)14-4-3-12(20-2)7-18-14/h3-8H,9H2,1-2H3. The lowest BCUT2D eigenvalue weighted by atomic mass is 10.0. The predicted molar refractivity (Wildman–Crippen MR) is 88.2 cm³/mol. The van der Waals surface area contributed by atoms with Gasteiger partial charge in [0, 0.05) is 16.5 Å². The van der Waals surface area contributed by atoms with Crippen LogP contribution in [-0.2, 0) is 0 Å². The highest BCUT2D eigenvalue weighted by Gasteiger charge is 2.20. The molecule has 1 aliphatic rings. The molecule has 1 aromatic carbocycles. The molecule has 0 atom stereocenters. The van der Waals surface area contributed by atoms with Gasteiger partial charge in [0.1, 0.15) is 5.75 Å². The molecule has 0 amide bonds. The van der Waals surface area contributed by atoms with Gasteiger partial charge < -0.3 is 14.2 Å². The number of rotatable bonds is 3. The van der Waals surface area contributed by atoms with Crippen molar-refractivity contribution in [2.75, 3.05) is 13.9 Å². The molecule has 0 unspecified atom stereocenters. The summed E-state index contributed by atoms with van der Waals surface area (Å²) >= 11 is 1.41. The van der Waals surface area contributed by atoms with Crippen molar-refractivity contribution in [3.8, 4) is 39.8 Å². The number of benzene rings is 1. The highest BCUT2D eigenvalue weighted by molar-refractivity contribution is 7.04. The molecule has 2 aromatic heterocycles. The first-order valence-electron chi connectivity index (χ1n) is 7.11. The third-order valence-electron chi connectivity index (χ3n) is 3.75. The molecule has 0 fully saturated rings. The normalized spacial score (nSPS) is 12.4. The van der Waals surface area contributed by atoms with Crippen molar-refractivity contribution >= 4 is 11.5 Å². The van der Waals surface area contributed by atoms with Gasteiger partial charge >= 0.3 is 0 Å². The molecule has 4 rings (SSSR count). The van der Waals surface area contributed by atoms with Gasteiger partial charge in [0.15, 0.2) is 11.5 Å². The first-order valence-corrected chi connectivity index (χ1v) is 7.95. The maximum absolute atomic E-state index is 5.52. The van der Waals surface area contributed by atoms with E-state index in [1.54, 1.807) is 13.3 Å². The third kappa shape index (κ3) is 2.41. The molecule has 116 valence electrons. The highest BCUT2D eigenvalue weighted by Crippen LogP contribution is 2.41. The van der Waals surface area contributed by atoms with Crippen LogP contribution in [0.2, 0.25) is 0 Å². The Bertz CT molecular complexity index is 859. The van der Waals surface area contributed by atoms with Crippen molar-refractivity contribution in [3.05, 3.63) is 41.4 Å². The minimum Gasteiger partial charge on any atom is -0.495 e. The summed E-state index contributed by atoms with van der Waals surface area (Å²) in [6.45, 7) is 2.28. The summed E-state index contributed by atoms with van der Waals surface area (Å²) in [5, 5.41) is 2.00. The van der Waals surface area contributed by atoms with Gasteiger partial charge in [-0.25, -0.2) is 0 Å². The van der Waals surface area contributed by atoms with Crippen LogP contribution in [0, 0.1) is 6.92 Å². The minimum absolute atomic E-state index is 0.267. The molecular weight excluding hydrogens is 312 g/mol. The van der Waals surface area contributed by atoms with Crippen molar-refractivity contribution in [3.63, 3.8) is 0 Å². The van der Waals surface area contributed by atoms with E-state index < -0.39 is 0 Å². The second-order valence-corrected chi connectivity index (χ2v) is 5.82. The lowest BCUT2D eigenvalue weighted by molar-refractivity contribution is 0.173. The van der Waals surface area contributed by atoms with Crippen LogP contribution >= 0.6 is 11.5 Å². The summed E-state index contributed by atoms with van der Waals surface area (Å²) in [6, 6.07) is 7.87. The number of methoxy groups -OCH3 is 1. The Morgan fingerprint density at radius 1 is 1.22 bits per heavy atom. The molecule has 5 nitrogen and oxygen atoms in total. The Balaban J connectivity index is 1.79. The number of pyridine rings is 1. The Hall–Kier alpha value is -2.60. The van der Waals surface area contributed by atoms with Crippen molar-refractivity contribution < 1.29 is 14.2 Å². The highest BCUT2D eigenvalue weighted by atomic mass is 32.1. The van der Waals surface area contributed by atoms with E-state index in [0.717, 1.165) is 45.3 Å². The fourth-order valence-electron chi connectivity index (χ4n) is 2.61. The molecule has 0 bridgehead atoms. The summed E-state index contributed by atoms with van der Waals surface area (Å²) in [6.07, 6.45) is 1.71. The third-order valence-corrected chi connectivity index (χ3v) is 4.38. The number of aryl methyl sites for hydroxylation is 1. The number of ether oxygens (including phenoxy) is 3. The summed E-state index contributed by atoms with van der Waals surface area (Å²) in [7, 11) is 1.63. The van der Waals surface area contributed by atoms with Crippen LogP contribution in [0.15, 0.2) is 35.8 Å². The number of aromatic nitrogens is 2. The number of hydrogen-bond acceptors (Lipinski definition) is 6. The van der Waals surface area contributed by atoms with Crippen molar-refractivity contribution in [2.24, 2.45) is 0 Å². The first-order chi connectivity index (χ1) is 11.3. The van der Waals surface area contributed by atoms with E-state index in [-0.39, 0.29) is 6.79 Å². The fourth-order valence-corrected chi connectivity index (χ4v) is 3.31. The van der Waals surface area contributed by atoms with E-state index in [1.807, 2.05) is 30.5 Å². The molecule has 6 heteroatoms. The molecule has 0 N–H and O–H groups in total. The van der Waals surface area contributed by atoms with Crippen LogP contribution in [0.4, 0.5) is 0 Å². The van der Waals surface area contributed by atoms with Gasteiger partial charge in [-0.2, -0.15) is 4.37 Å². The van der Waals surface area contributed by atoms with Crippen LogP contribution in [0.1, 0.15) is 5.56 Å². The van der Waals surface area contributed by atoms with Crippen LogP contribution in [0.3, 0.4) is 0 Å². The van der Waals surface area contributed by atoms with E-state index in [1.165, 1.54) is 11.5 Å². The van der Waals surface area contributed by atoms with Gasteiger partial charge in [-0.1, -0.05) is 0 Å². The Labute approximate surface area is 137 Å². The molecule has 0 aliphatic carbocycles. The van der Waals surface area contributed by atoms with Gasteiger partial charge in [0.2, 0.25) is 6.79 Å². The fraction of sp³-hybridized carbons (Fsp3) is 0.176. The molecule has 0 saturated heterocycles. The number of nitrogens with zero attached hydrogens (tertiary/aromatic N) is 2. The van der Waals surface area contributed by atoms with Gasteiger partial charge in [-0.3, -0.25) is 4.98 Å². The van der Waals surface area contributed by atoms with E-state index in [4.69, 9.17) is 14.2 Å². The Morgan fingerprint density at radius 2 is 2.13 bits per heavy atom. The van der Waals surface area contributed by atoms with Gasteiger partial charge in [0.25, 0.3) is 0 Å². The second kappa shape index (κ2) is 5.55. The predicted octanol–water partition coefficient (Wildman–Crippen LogP) is 3.92. The molecule has 3 heterocycles. The van der Waals surface area contributed by atoms with Gasteiger partial charge in [0.05, 0.1) is 24.7 Å². The average molecular weight is 326 g/mol. The summed E-state index contributed by atoms with van der Waals surface area (Å²) in [5.74, 6) is 2.31. The summed E-state index contributed by atoms with van der Waals surface area (Å²) in [5.41, 5.74) is 4.80. The number of fused-ring (bicyclic) bond motifs is 1. The van der Waals surface area contributed by atoms with E-state index in [2.05, 4.69) is 15.4 Å². The van der Waals surface area contributed by atoms with Crippen molar-refractivity contribution in [1.82, 2.24) is 9.36 Å². The van der Waals surface area contributed by atoms with Crippen LogP contribution in [0.5, 0.6) is 17.2 Å². The van der Waals surface area contributed by atoms with Gasteiger partial charge in [-0.05, 0) is 48.3 Å². The Morgan fingerprint density at radius 3 is 2.91 bits per heavy atom. The van der Waals surface area contributed by atoms with Crippen LogP contribution in [-0.4, -0.2) is 23.3 Å². The topological polar surface area (TPSA) is 53.5 Å². The van der Waals surface area contributed by atoms with Crippen molar-refractivity contribution in [1.29, 1.82) is 0 Å². The van der Waals surface area contributed by atoms with Gasteiger partial charge in [-0.15, -0.1) is 0 Å². The second-order valence-electron chi connectivity index (χ2n) is 5.19. The smallest absolute Gasteiger partial charge is 0.231 e. The molecule has 23 heavy (non-hydrogen) atoms. The van der Waals surface area contributed by atoms with E-state index in [9.17, 15) is 0 Å². The van der Waals surface area contributed by atoms with E-state index >= 15 is 0 Å². The molecule has 0 saturated carbocycles. The Kier molecular flexibility index (Phi) is 3.38. The zero-order valence-corrected chi connectivity index (χ0v) is 13.5. The zero-order chi connectivity index (χ0) is 15.8.